The number of anilines is 2. The lowest BCUT2D eigenvalue weighted by Gasteiger charge is -2.41. The summed E-state index contributed by atoms with van der Waals surface area (Å²) in [5, 5.41) is 0. The summed E-state index contributed by atoms with van der Waals surface area (Å²) in [7, 11) is 1.80. The van der Waals surface area contributed by atoms with Crippen molar-refractivity contribution in [1.29, 1.82) is 0 Å². The first kappa shape index (κ1) is 28.8. The van der Waals surface area contributed by atoms with Crippen LogP contribution in [-0.2, 0) is 11.2 Å². The minimum atomic E-state index is 0. The fraction of sp³-hybridized carbons (Fsp3) is 0.471. The van der Waals surface area contributed by atoms with E-state index in [4.69, 9.17) is 9.72 Å². The summed E-state index contributed by atoms with van der Waals surface area (Å²) in [5.41, 5.74) is 10.7. The highest BCUT2D eigenvalue weighted by Gasteiger charge is 2.35. The summed E-state index contributed by atoms with van der Waals surface area (Å²) < 4.78 is 5.71. The number of aromatic nitrogens is 1. The smallest absolute Gasteiger partial charge is 0.262 e. The van der Waals surface area contributed by atoms with Crippen LogP contribution >= 0.6 is 0 Å². The third-order valence-electron chi connectivity index (χ3n) is 8.50. The lowest BCUT2D eigenvalue weighted by molar-refractivity contribution is 0.0720. The Morgan fingerprint density at radius 1 is 0.949 bits per heavy atom. The predicted octanol–water partition coefficient (Wildman–Crippen LogP) is 7.64. The second-order valence-electron chi connectivity index (χ2n) is 11.4. The quantitative estimate of drug-likeness (QED) is 0.342. The van der Waals surface area contributed by atoms with E-state index in [9.17, 15) is 4.79 Å². The number of aryl methyl sites for hydroxylation is 3. The fourth-order valence-electron chi connectivity index (χ4n) is 6.23. The zero-order valence-electron chi connectivity index (χ0n) is 24.0. The molecular formula is C34H45N3O2. The molecular weight excluding hydrogens is 482 g/mol. The fourth-order valence-corrected chi connectivity index (χ4v) is 6.23. The third kappa shape index (κ3) is 5.34. The first-order valence-electron chi connectivity index (χ1n) is 14.0. The number of piperidine rings is 1. The maximum atomic E-state index is 14.4. The maximum absolute atomic E-state index is 14.4. The van der Waals surface area contributed by atoms with Gasteiger partial charge in [-0.15, -0.1) is 0 Å². The van der Waals surface area contributed by atoms with Gasteiger partial charge in [-0.05, 0) is 80.8 Å². The Labute approximate surface area is 235 Å². The van der Waals surface area contributed by atoms with E-state index < -0.39 is 0 Å². The molecule has 2 aliphatic heterocycles. The van der Waals surface area contributed by atoms with E-state index in [1.54, 1.807) is 7.11 Å². The molecule has 3 heterocycles. The SMILES string of the molecule is C.CO[C@@H]1CCN(c2cc(-c3c(C)cccc3C)nc3c2C(=O)N(c2cc(C(C)C)ccc2C)CC3)[C@H](C)C1. The molecule has 1 saturated heterocycles. The van der Waals surface area contributed by atoms with Crippen LogP contribution in [-0.4, -0.2) is 43.2 Å². The first-order chi connectivity index (χ1) is 18.2. The van der Waals surface area contributed by atoms with Crippen LogP contribution in [0.5, 0.6) is 0 Å². The van der Waals surface area contributed by atoms with Crippen molar-refractivity contribution >= 4 is 17.3 Å². The predicted molar refractivity (Wildman–Crippen MR) is 163 cm³/mol. The largest absolute Gasteiger partial charge is 0.381 e. The molecule has 2 aliphatic rings. The van der Waals surface area contributed by atoms with Gasteiger partial charge in [-0.25, -0.2) is 0 Å². The Morgan fingerprint density at radius 2 is 1.67 bits per heavy atom. The van der Waals surface area contributed by atoms with Crippen LogP contribution in [0.1, 0.15) is 85.3 Å². The standard InChI is InChI=1S/C33H41N3O2.CH4/c1-20(2)25-12-11-21(3)29(18-25)36-16-14-27-32(33(36)37)30(35-15-13-26(38-7)17-24(35)6)19-28(34-27)31-22(4)9-8-10-23(31)5;/h8-12,18-20,24,26H,13-17H2,1-7H3;1H4/t24-,26-;/m1./s1. The number of hydrogen-bond donors (Lipinski definition) is 0. The summed E-state index contributed by atoms with van der Waals surface area (Å²) in [4.78, 5) is 23.9. The van der Waals surface area contributed by atoms with E-state index in [1.165, 1.54) is 22.3 Å². The van der Waals surface area contributed by atoms with Crippen molar-refractivity contribution in [3.63, 3.8) is 0 Å². The topological polar surface area (TPSA) is 45.7 Å². The molecule has 0 N–H and O–H groups in total. The normalized spacial score (nSPS) is 19.2. The molecule has 3 aromatic rings. The van der Waals surface area contributed by atoms with Gasteiger partial charge < -0.3 is 14.5 Å². The van der Waals surface area contributed by atoms with E-state index in [2.05, 4.69) is 88.9 Å². The number of methoxy groups -OCH3 is 1. The summed E-state index contributed by atoms with van der Waals surface area (Å²) in [6.45, 7) is 14.5. The van der Waals surface area contributed by atoms with Gasteiger partial charge in [-0.2, -0.15) is 0 Å². The van der Waals surface area contributed by atoms with E-state index in [0.29, 0.717) is 12.5 Å². The molecule has 208 valence electrons. The van der Waals surface area contributed by atoms with E-state index in [-0.39, 0.29) is 25.5 Å². The Balaban J connectivity index is 0.00000353. The van der Waals surface area contributed by atoms with E-state index in [0.717, 1.165) is 59.7 Å². The summed E-state index contributed by atoms with van der Waals surface area (Å²) in [5.74, 6) is 0.466. The molecule has 5 nitrogen and oxygen atoms in total. The van der Waals surface area contributed by atoms with Gasteiger partial charge in [0.1, 0.15) is 0 Å². The number of rotatable bonds is 5. The number of pyridine rings is 1. The van der Waals surface area contributed by atoms with Crippen molar-refractivity contribution < 1.29 is 9.53 Å². The van der Waals surface area contributed by atoms with Crippen LogP contribution in [0.15, 0.2) is 42.5 Å². The average Bonchev–Trinajstić information content (AvgIpc) is 2.88. The molecule has 1 aromatic heterocycles. The lowest BCUT2D eigenvalue weighted by atomic mass is 9.92. The summed E-state index contributed by atoms with van der Waals surface area (Å²) >= 11 is 0. The Kier molecular flexibility index (Phi) is 8.51. The Morgan fingerprint density at radius 3 is 2.31 bits per heavy atom. The second-order valence-corrected chi connectivity index (χ2v) is 11.4. The number of benzene rings is 2. The highest BCUT2D eigenvalue weighted by Crippen LogP contribution is 2.39. The molecule has 0 saturated carbocycles. The molecule has 2 aromatic carbocycles. The monoisotopic (exact) mass is 527 g/mol. The Bertz CT molecular complexity index is 1340. The Hall–Kier alpha value is -3.18. The average molecular weight is 528 g/mol. The van der Waals surface area contributed by atoms with Crippen LogP contribution in [0.2, 0.25) is 0 Å². The van der Waals surface area contributed by atoms with Crippen LogP contribution in [0.25, 0.3) is 11.3 Å². The van der Waals surface area contributed by atoms with Gasteiger partial charge in [0, 0.05) is 43.9 Å². The molecule has 0 radical (unpaired) electrons. The summed E-state index contributed by atoms with van der Waals surface area (Å²) in [6.07, 6.45) is 2.89. The van der Waals surface area contributed by atoms with E-state index in [1.807, 2.05) is 4.90 Å². The second kappa shape index (κ2) is 11.5. The molecule has 2 atom stereocenters. The molecule has 1 amide bonds. The van der Waals surface area contributed by atoms with Gasteiger partial charge in [0.2, 0.25) is 0 Å². The number of carbonyl (C=O) groups excluding carboxylic acids is 1. The van der Waals surface area contributed by atoms with Gasteiger partial charge in [-0.1, -0.05) is 51.6 Å². The number of hydrogen-bond acceptors (Lipinski definition) is 4. The van der Waals surface area contributed by atoms with Crippen LogP contribution < -0.4 is 9.80 Å². The van der Waals surface area contributed by atoms with Crippen molar-refractivity contribution in [1.82, 2.24) is 4.98 Å². The maximum Gasteiger partial charge on any atom is 0.262 e. The van der Waals surface area contributed by atoms with Gasteiger partial charge >= 0.3 is 0 Å². The minimum absolute atomic E-state index is 0. The van der Waals surface area contributed by atoms with Crippen LogP contribution in [0.4, 0.5) is 11.4 Å². The molecule has 0 bridgehead atoms. The first-order valence-corrected chi connectivity index (χ1v) is 14.0. The number of amides is 1. The van der Waals surface area contributed by atoms with Crippen molar-refractivity contribution in [3.05, 3.63) is 76.0 Å². The van der Waals surface area contributed by atoms with Crippen molar-refractivity contribution in [2.75, 3.05) is 30.0 Å². The number of ether oxygens (including phenoxy) is 1. The van der Waals surface area contributed by atoms with Crippen LogP contribution in [0, 0.1) is 20.8 Å². The third-order valence-corrected chi connectivity index (χ3v) is 8.50. The molecule has 39 heavy (non-hydrogen) atoms. The van der Waals surface area contributed by atoms with Gasteiger partial charge in [0.15, 0.2) is 0 Å². The zero-order valence-corrected chi connectivity index (χ0v) is 24.0. The molecule has 0 aliphatic carbocycles. The molecule has 5 rings (SSSR count). The summed E-state index contributed by atoms with van der Waals surface area (Å²) in [6, 6.07) is 15.4. The van der Waals surface area contributed by atoms with Gasteiger partial charge in [0.25, 0.3) is 5.91 Å². The van der Waals surface area contributed by atoms with Gasteiger partial charge in [-0.3, -0.25) is 9.78 Å². The molecule has 5 heteroatoms. The molecule has 1 fully saturated rings. The highest BCUT2D eigenvalue weighted by atomic mass is 16.5. The van der Waals surface area contributed by atoms with Crippen LogP contribution in [0.3, 0.4) is 0 Å². The molecule has 0 spiro atoms. The van der Waals surface area contributed by atoms with Crippen molar-refractivity contribution in [2.24, 2.45) is 0 Å². The highest BCUT2D eigenvalue weighted by molar-refractivity contribution is 6.12. The lowest BCUT2D eigenvalue weighted by Crippen LogP contribution is -2.46. The minimum Gasteiger partial charge on any atom is -0.381 e. The van der Waals surface area contributed by atoms with E-state index >= 15 is 0 Å². The number of fused-ring (bicyclic) bond motifs is 1. The van der Waals surface area contributed by atoms with Crippen molar-refractivity contribution in [2.45, 2.75) is 86.3 Å². The molecule has 0 unspecified atom stereocenters. The van der Waals surface area contributed by atoms with Crippen molar-refractivity contribution in [3.8, 4) is 11.3 Å². The van der Waals surface area contributed by atoms with Gasteiger partial charge in [0.05, 0.1) is 28.7 Å². The number of nitrogens with zero attached hydrogens (tertiary/aromatic N) is 3. The zero-order chi connectivity index (χ0) is 27.1. The number of carbonyl (C=O) groups is 1.